The molecule has 2 heterocycles. The molecule has 0 saturated carbocycles. The molecule has 0 aromatic heterocycles. The van der Waals surface area contributed by atoms with Gasteiger partial charge in [0.2, 0.25) is 0 Å². The molecule has 0 aliphatic carbocycles. The van der Waals surface area contributed by atoms with E-state index in [-0.39, 0.29) is 0 Å². The van der Waals surface area contributed by atoms with Crippen molar-refractivity contribution in [1.82, 2.24) is 4.90 Å². The van der Waals surface area contributed by atoms with Crippen LogP contribution in [0.15, 0.2) is 42.5 Å². The normalized spacial score (nSPS) is 17.8. The Morgan fingerprint density at radius 1 is 0.964 bits per heavy atom. The van der Waals surface area contributed by atoms with Crippen molar-refractivity contribution < 1.29 is 17.9 Å². The number of likely N-dealkylation sites (tertiary alicyclic amines) is 1. The molecule has 0 amide bonds. The minimum atomic E-state index is -4.37. The van der Waals surface area contributed by atoms with Gasteiger partial charge in [0.1, 0.15) is 0 Å². The maximum Gasteiger partial charge on any atom is 0.416 e. The fourth-order valence-corrected chi connectivity index (χ4v) is 3.98. The summed E-state index contributed by atoms with van der Waals surface area (Å²) < 4.78 is 45.6. The molecule has 3 nitrogen and oxygen atoms in total. The van der Waals surface area contributed by atoms with Gasteiger partial charge < -0.3 is 14.5 Å². The van der Waals surface area contributed by atoms with Gasteiger partial charge in [-0.2, -0.15) is 13.2 Å². The van der Waals surface area contributed by atoms with Crippen LogP contribution in [0.25, 0.3) is 0 Å². The van der Waals surface area contributed by atoms with Crippen molar-refractivity contribution in [3.63, 3.8) is 0 Å². The first-order valence-corrected chi connectivity index (χ1v) is 9.90. The minimum absolute atomic E-state index is 0.471. The van der Waals surface area contributed by atoms with Crippen LogP contribution >= 0.6 is 0 Å². The molecule has 2 aromatic rings. The number of halogens is 3. The third kappa shape index (κ3) is 3.97. The Bertz CT molecular complexity index is 829. The van der Waals surface area contributed by atoms with Gasteiger partial charge in [0.05, 0.1) is 16.9 Å². The van der Waals surface area contributed by atoms with E-state index in [9.17, 15) is 13.2 Å². The summed E-state index contributed by atoms with van der Waals surface area (Å²) in [5.41, 5.74) is 0.659. The number of hydrogen-bond donors (Lipinski definition) is 0. The lowest BCUT2D eigenvalue weighted by Crippen LogP contribution is -2.35. The molecule has 0 atom stereocenters. The number of nitrogens with zero attached hydrogens (tertiary/aromatic N) is 2. The third-order valence-corrected chi connectivity index (χ3v) is 5.69. The van der Waals surface area contributed by atoms with Gasteiger partial charge in [0.25, 0.3) is 0 Å². The van der Waals surface area contributed by atoms with Crippen LogP contribution in [0.1, 0.15) is 31.7 Å². The van der Waals surface area contributed by atoms with Crippen molar-refractivity contribution in [1.29, 1.82) is 0 Å². The lowest BCUT2D eigenvalue weighted by Gasteiger charge is -2.35. The molecule has 0 radical (unpaired) electrons. The molecule has 1 saturated heterocycles. The predicted octanol–water partition coefficient (Wildman–Crippen LogP) is 6.07. The van der Waals surface area contributed by atoms with Gasteiger partial charge in [-0.1, -0.05) is 19.1 Å². The molecular formula is C22H25F3N2O. The maximum atomic E-state index is 13.2. The monoisotopic (exact) mass is 390 g/mol. The van der Waals surface area contributed by atoms with Crippen LogP contribution in [0.5, 0.6) is 11.5 Å². The summed E-state index contributed by atoms with van der Waals surface area (Å²) in [6.45, 7) is 6.11. The van der Waals surface area contributed by atoms with Gasteiger partial charge in [-0.05, 0) is 75.1 Å². The molecule has 28 heavy (non-hydrogen) atoms. The second kappa shape index (κ2) is 7.66. The van der Waals surface area contributed by atoms with E-state index >= 15 is 0 Å². The Morgan fingerprint density at radius 3 is 2.43 bits per heavy atom. The molecule has 0 unspecified atom stereocenters. The summed E-state index contributed by atoms with van der Waals surface area (Å²) in [7, 11) is 0. The van der Waals surface area contributed by atoms with E-state index in [2.05, 4.69) is 11.8 Å². The van der Waals surface area contributed by atoms with E-state index in [0.29, 0.717) is 23.7 Å². The lowest BCUT2D eigenvalue weighted by atomic mass is 9.99. The second-order valence-corrected chi connectivity index (χ2v) is 7.78. The Balaban J connectivity index is 1.55. The number of anilines is 2. The SMILES string of the molecule is CC1CCN(CCCN2c3ccccc3Oc3ccc(C(F)(F)F)cc32)CC1. The van der Waals surface area contributed by atoms with Gasteiger partial charge in [-0.15, -0.1) is 0 Å². The van der Waals surface area contributed by atoms with Gasteiger partial charge in [-0.25, -0.2) is 0 Å². The zero-order valence-electron chi connectivity index (χ0n) is 16.0. The molecular weight excluding hydrogens is 365 g/mol. The number of para-hydroxylation sites is 2. The van der Waals surface area contributed by atoms with Crippen molar-refractivity contribution in [2.75, 3.05) is 31.1 Å². The summed E-state index contributed by atoms with van der Waals surface area (Å²) in [5, 5.41) is 0. The van der Waals surface area contributed by atoms with E-state index in [1.54, 1.807) is 0 Å². The number of alkyl halides is 3. The predicted molar refractivity (Wildman–Crippen MR) is 104 cm³/mol. The standard InChI is InChI=1S/C22H25F3N2O/c1-16-9-13-26(14-10-16)11-4-12-27-18-5-2-3-6-20(18)28-21-8-7-17(15-19(21)27)22(23,24)25/h2-3,5-8,15-16H,4,9-14H2,1H3. The molecule has 2 aromatic carbocycles. The number of ether oxygens (including phenoxy) is 1. The highest BCUT2D eigenvalue weighted by atomic mass is 19.4. The summed E-state index contributed by atoms with van der Waals surface area (Å²) in [4.78, 5) is 4.43. The van der Waals surface area contributed by atoms with E-state index in [4.69, 9.17) is 4.74 Å². The van der Waals surface area contributed by atoms with Crippen molar-refractivity contribution in [2.45, 2.75) is 32.4 Å². The average molecular weight is 390 g/mol. The van der Waals surface area contributed by atoms with E-state index < -0.39 is 11.7 Å². The Morgan fingerprint density at radius 2 is 1.68 bits per heavy atom. The van der Waals surface area contributed by atoms with Crippen LogP contribution < -0.4 is 9.64 Å². The highest BCUT2D eigenvalue weighted by Crippen LogP contribution is 2.48. The van der Waals surface area contributed by atoms with Crippen molar-refractivity contribution in [2.24, 2.45) is 5.92 Å². The Hall–Kier alpha value is -2.21. The topological polar surface area (TPSA) is 15.7 Å². The quantitative estimate of drug-likeness (QED) is 0.630. The maximum absolute atomic E-state index is 13.2. The molecule has 1 fully saturated rings. The number of hydrogen-bond acceptors (Lipinski definition) is 3. The summed E-state index contributed by atoms with van der Waals surface area (Å²) in [6, 6.07) is 11.2. The lowest BCUT2D eigenvalue weighted by molar-refractivity contribution is -0.137. The zero-order valence-corrected chi connectivity index (χ0v) is 16.0. The minimum Gasteiger partial charge on any atom is -0.453 e. The fraction of sp³-hybridized carbons (Fsp3) is 0.455. The molecule has 6 heteroatoms. The fourth-order valence-electron chi connectivity index (χ4n) is 3.98. The largest absolute Gasteiger partial charge is 0.453 e. The smallest absolute Gasteiger partial charge is 0.416 e. The second-order valence-electron chi connectivity index (χ2n) is 7.78. The van der Waals surface area contributed by atoms with Gasteiger partial charge >= 0.3 is 6.18 Å². The number of fused-ring (bicyclic) bond motifs is 2. The summed E-state index contributed by atoms with van der Waals surface area (Å²) in [6.07, 6.45) is -1.04. The number of benzene rings is 2. The molecule has 2 aliphatic heterocycles. The number of piperidine rings is 1. The van der Waals surface area contributed by atoms with Crippen LogP contribution in [-0.4, -0.2) is 31.1 Å². The average Bonchev–Trinajstić information content (AvgIpc) is 2.68. The van der Waals surface area contributed by atoms with Crippen LogP contribution in [0.2, 0.25) is 0 Å². The van der Waals surface area contributed by atoms with E-state index in [0.717, 1.165) is 43.7 Å². The first kappa shape index (κ1) is 19.1. The first-order chi connectivity index (χ1) is 13.4. The van der Waals surface area contributed by atoms with Crippen LogP contribution in [0, 0.1) is 5.92 Å². The Labute approximate surface area is 163 Å². The Kier molecular flexibility index (Phi) is 5.23. The molecule has 4 rings (SSSR count). The van der Waals surface area contributed by atoms with Crippen molar-refractivity contribution >= 4 is 11.4 Å². The molecule has 0 N–H and O–H groups in total. The molecule has 150 valence electrons. The van der Waals surface area contributed by atoms with E-state index in [1.807, 2.05) is 29.2 Å². The number of rotatable bonds is 4. The highest BCUT2D eigenvalue weighted by molar-refractivity contribution is 5.78. The third-order valence-electron chi connectivity index (χ3n) is 5.69. The van der Waals surface area contributed by atoms with Crippen molar-refractivity contribution in [3.05, 3.63) is 48.0 Å². The zero-order chi connectivity index (χ0) is 19.7. The molecule has 0 spiro atoms. The van der Waals surface area contributed by atoms with Crippen LogP contribution in [0.4, 0.5) is 24.5 Å². The molecule has 0 bridgehead atoms. The summed E-state index contributed by atoms with van der Waals surface area (Å²) in [5.74, 6) is 1.94. The van der Waals surface area contributed by atoms with Gasteiger partial charge in [0, 0.05) is 6.54 Å². The summed E-state index contributed by atoms with van der Waals surface area (Å²) >= 11 is 0. The highest BCUT2D eigenvalue weighted by Gasteiger charge is 2.33. The van der Waals surface area contributed by atoms with Gasteiger partial charge in [0.15, 0.2) is 11.5 Å². The van der Waals surface area contributed by atoms with Gasteiger partial charge in [-0.3, -0.25) is 0 Å². The first-order valence-electron chi connectivity index (χ1n) is 9.90. The van der Waals surface area contributed by atoms with Crippen LogP contribution in [0.3, 0.4) is 0 Å². The van der Waals surface area contributed by atoms with E-state index in [1.165, 1.54) is 25.0 Å². The molecule has 2 aliphatic rings. The van der Waals surface area contributed by atoms with Crippen LogP contribution in [-0.2, 0) is 6.18 Å². The van der Waals surface area contributed by atoms with Crippen molar-refractivity contribution in [3.8, 4) is 11.5 Å².